The van der Waals surface area contributed by atoms with Crippen LogP contribution in [0.25, 0.3) is 0 Å². The first kappa shape index (κ1) is 26.4. The molecule has 0 radical (unpaired) electrons. The predicted molar refractivity (Wildman–Crippen MR) is 125 cm³/mol. The standard InChI is InChI=1S/C19H40N6O.HI/c1-6-8-10-23(5)11-9-21-19(20-7-2)25-14-12-24(13-15-25)16-18(26)22-17(3)4;/h17H,6-16H2,1-5H3,(H,20,21)(H,22,26);1H. The van der Waals surface area contributed by atoms with Crippen LogP contribution in [-0.4, -0.2) is 98.6 Å². The Morgan fingerprint density at radius 3 is 2.37 bits per heavy atom. The number of hydrogen-bond acceptors (Lipinski definition) is 4. The van der Waals surface area contributed by atoms with E-state index in [0.29, 0.717) is 6.54 Å². The van der Waals surface area contributed by atoms with E-state index in [-0.39, 0.29) is 35.9 Å². The van der Waals surface area contributed by atoms with E-state index in [1.54, 1.807) is 0 Å². The number of hydrogen-bond donors (Lipinski definition) is 2. The third-order valence-electron chi connectivity index (χ3n) is 4.46. The Hall–Kier alpha value is -0.610. The maximum atomic E-state index is 11.9. The van der Waals surface area contributed by atoms with E-state index in [0.717, 1.165) is 58.3 Å². The lowest BCUT2D eigenvalue weighted by molar-refractivity contribution is -0.123. The smallest absolute Gasteiger partial charge is 0.234 e. The molecule has 160 valence electrons. The molecule has 0 spiro atoms. The van der Waals surface area contributed by atoms with Crippen LogP contribution in [0.1, 0.15) is 40.5 Å². The Bertz CT molecular complexity index is 424. The number of rotatable bonds is 10. The molecule has 1 aliphatic rings. The molecule has 1 fully saturated rings. The number of nitrogens with one attached hydrogen (secondary N) is 2. The van der Waals surface area contributed by atoms with Gasteiger partial charge in [0.15, 0.2) is 5.96 Å². The summed E-state index contributed by atoms with van der Waals surface area (Å²) in [5, 5.41) is 6.37. The Morgan fingerprint density at radius 1 is 1.15 bits per heavy atom. The van der Waals surface area contributed by atoms with Crippen molar-refractivity contribution >= 4 is 35.8 Å². The molecule has 0 aromatic heterocycles. The minimum Gasteiger partial charge on any atom is -0.357 e. The predicted octanol–water partition coefficient (Wildman–Crippen LogP) is 1.44. The number of carbonyl (C=O) groups excluding carboxylic acids is 1. The number of likely N-dealkylation sites (N-methyl/N-ethyl adjacent to an activating group) is 1. The van der Waals surface area contributed by atoms with Crippen molar-refractivity contribution < 1.29 is 4.79 Å². The van der Waals surface area contributed by atoms with E-state index < -0.39 is 0 Å². The molecule has 0 atom stereocenters. The fourth-order valence-electron chi connectivity index (χ4n) is 2.98. The SMILES string of the molecule is CCCCN(C)CCN=C(NCC)N1CCN(CC(=O)NC(C)C)CC1.I. The molecule has 27 heavy (non-hydrogen) atoms. The van der Waals surface area contributed by atoms with Crippen LogP contribution in [0.15, 0.2) is 4.99 Å². The second-order valence-corrected chi connectivity index (χ2v) is 7.38. The molecule has 1 rings (SSSR count). The number of aliphatic imine (C=N–C) groups is 1. The highest BCUT2D eigenvalue weighted by Gasteiger charge is 2.21. The molecule has 7 nitrogen and oxygen atoms in total. The second-order valence-electron chi connectivity index (χ2n) is 7.38. The van der Waals surface area contributed by atoms with Crippen molar-refractivity contribution in [2.45, 2.75) is 46.6 Å². The van der Waals surface area contributed by atoms with Crippen molar-refractivity contribution in [3.8, 4) is 0 Å². The molecule has 1 amide bonds. The van der Waals surface area contributed by atoms with E-state index in [4.69, 9.17) is 4.99 Å². The fraction of sp³-hybridized carbons (Fsp3) is 0.895. The van der Waals surface area contributed by atoms with E-state index in [1.165, 1.54) is 12.8 Å². The van der Waals surface area contributed by atoms with E-state index in [1.807, 2.05) is 13.8 Å². The number of halogens is 1. The van der Waals surface area contributed by atoms with Gasteiger partial charge in [0.1, 0.15) is 0 Å². The zero-order valence-corrected chi connectivity index (χ0v) is 20.3. The van der Waals surface area contributed by atoms with Crippen LogP contribution >= 0.6 is 24.0 Å². The number of carbonyl (C=O) groups is 1. The van der Waals surface area contributed by atoms with Gasteiger partial charge in [0, 0.05) is 45.3 Å². The molecule has 1 saturated heterocycles. The summed E-state index contributed by atoms with van der Waals surface area (Å²) in [6, 6.07) is 0.201. The summed E-state index contributed by atoms with van der Waals surface area (Å²) in [5.74, 6) is 1.12. The topological polar surface area (TPSA) is 63.2 Å². The van der Waals surface area contributed by atoms with Gasteiger partial charge in [-0.2, -0.15) is 0 Å². The van der Waals surface area contributed by atoms with Crippen molar-refractivity contribution in [2.24, 2.45) is 4.99 Å². The molecule has 0 aromatic rings. The summed E-state index contributed by atoms with van der Waals surface area (Å²) < 4.78 is 0. The summed E-state index contributed by atoms with van der Waals surface area (Å²) >= 11 is 0. The van der Waals surface area contributed by atoms with Crippen LogP contribution in [0.4, 0.5) is 0 Å². The normalized spacial score (nSPS) is 15.8. The van der Waals surface area contributed by atoms with E-state index in [9.17, 15) is 4.79 Å². The number of amides is 1. The van der Waals surface area contributed by atoms with Crippen molar-refractivity contribution in [1.29, 1.82) is 0 Å². The number of guanidine groups is 1. The summed E-state index contributed by atoms with van der Waals surface area (Å²) in [6.07, 6.45) is 2.47. The van der Waals surface area contributed by atoms with Crippen LogP contribution in [0, 0.1) is 0 Å². The highest BCUT2D eigenvalue weighted by molar-refractivity contribution is 14.0. The van der Waals surface area contributed by atoms with E-state index in [2.05, 4.69) is 46.2 Å². The Kier molecular flexibility index (Phi) is 15.0. The molecule has 1 heterocycles. The van der Waals surface area contributed by atoms with Gasteiger partial charge in [-0.05, 0) is 40.8 Å². The number of nitrogens with zero attached hydrogens (tertiary/aromatic N) is 4. The lowest BCUT2D eigenvalue weighted by Gasteiger charge is -2.36. The van der Waals surface area contributed by atoms with Gasteiger partial charge >= 0.3 is 0 Å². The monoisotopic (exact) mass is 496 g/mol. The largest absolute Gasteiger partial charge is 0.357 e. The van der Waals surface area contributed by atoms with Crippen molar-refractivity contribution in [3.05, 3.63) is 0 Å². The van der Waals surface area contributed by atoms with Gasteiger partial charge < -0.3 is 20.4 Å². The van der Waals surface area contributed by atoms with Gasteiger partial charge in [0.2, 0.25) is 5.91 Å². The number of piperazine rings is 1. The Labute approximate surface area is 183 Å². The summed E-state index contributed by atoms with van der Waals surface area (Å²) in [5.41, 5.74) is 0. The molecular formula is C19H41IN6O. The van der Waals surface area contributed by atoms with E-state index >= 15 is 0 Å². The van der Waals surface area contributed by atoms with Gasteiger partial charge in [-0.25, -0.2) is 0 Å². The first-order chi connectivity index (χ1) is 12.5. The van der Waals surface area contributed by atoms with Gasteiger partial charge in [-0.3, -0.25) is 14.7 Å². The maximum absolute atomic E-state index is 11.9. The molecule has 0 aliphatic carbocycles. The third kappa shape index (κ3) is 11.7. The molecule has 0 saturated carbocycles. The molecule has 0 bridgehead atoms. The molecule has 2 N–H and O–H groups in total. The van der Waals surface area contributed by atoms with Gasteiger partial charge in [0.25, 0.3) is 0 Å². The van der Waals surface area contributed by atoms with Gasteiger partial charge in [-0.15, -0.1) is 24.0 Å². The average Bonchev–Trinajstić information content (AvgIpc) is 2.59. The zero-order chi connectivity index (χ0) is 19.4. The lowest BCUT2D eigenvalue weighted by atomic mass is 10.3. The molecule has 0 aromatic carbocycles. The first-order valence-electron chi connectivity index (χ1n) is 10.2. The van der Waals surface area contributed by atoms with Crippen molar-refractivity contribution in [2.75, 3.05) is 66.0 Å². The summed E-state index contributed by atoms with van der Waals surface area (Å²) in [4.78, 5) is 23.6. The Morgan fingerprint density at radius 2 is 1.81 bits per heavy atom. The Balaban J connectivity index is 0.00000676. The summed E-state index contributed by atoms with van der Waals surface area (Å²) in [6.45, 7) is 16.2. The minimum atomic E-state index is 0. The van der Waals surface area contributed by atoms with Crippen molar-refractivity contribution in [3.63, 3.8) is 0 Å². The fourth-order valence-corrected chi connectivity index (χ4v) is 2.98. The van der Waals surface area contributed by atoms with Crippen LogP contribution < -0.4 is 10.6 Å². The molecular weight excluding hydrogens is 455 g/mol. The van der Waals surface area contributed by atoms with Crippen LogP contribution in [0.3, 0.4) is 0 Å². The quantitative estimate of drug-likeness (QED) is 0.272. The van der Waals surface area contributed by atoms with Crippen molar-refractivity contribution in [1.82, 2.24) is 25.3 Å². The van der Waals surface area contributed by atoms with Gasteiger partial charge in [-0.1, -0.05) is 13.3 Å². The zero-order valence-electron chi connectivity index (χ0n) is 18.0. The highest BCUT2D eigenvalue weighted by Crippen LogP contribution is 2.03. The lowest BCUT2D eigenvalue weighted by Crippen LogP contribution is -2.54. The molecule has 0 unspecified atom stereocenters. The second kappa shape index (κ2) is 15.3. The summed E-state index contributed by atoms with van der Waals surface area (Å²) in [7, 11) is 2.17. The minimum absolute atomic E-state index is 0. The molecule has 1 aliphatic heterocycles. The molecule has 8 heteroatoms. The number of unbranched alkanes of at least 4 members (excludes halogenated alkanes) is 1. The third-order valence-corrected chi connectivity index (χ3v) is 4.46. The highest BCUT2D eigenvalue weighted by atomic mass is 127. The van der Waals surface area contributed by atoms with Crippen LogP contribution in [0.2, 0.25) is 0 Å². The van der Waals surface area contributed by atoms with Gasteiger partial charge in [0.05, 0.1) is 13.1 Å². The maximum Gasteiger partial charge on any atom is 0.234 e. The average molecular weight is 496 g/mol. The van der Waals surface area contributed by atoms with Crippen LogP contribution in [0.5, 0.6) is 0 Å². The van der Waals surface area contributed by atoms with Crippen LogP contribution in [-0.2, 0) is 4.79 Å². The first-order valence-corrected chi connectivity index (χ1v) is 10.2.